The van der Waals surface area contributed by atoms with Gasteiger partial charge in [-0.2, -0.15) is 0 Å². The van der Waals surface area contributed by atoms with Crippen molar-refractivity contribution >= 4 is 5.96 Å². The summed E-state index contributed by atoms with van der Waals surface area (Å²) in [6, 6.07) is 9.85. The van der Waals surface area contributed by atoms with Crippen LogP contribution >= 0.6 is 0 Å². The van der Waals surface area contributed by atoms with Crippen LogP contribution in [-0.4, -0.2) is 58.6 Å². The van der Waals surface area contributed by atoms with E-state index in [1.54, 1.807) is 7.05 Å². The molecule has 0 spiro atoms. The number of aliphatic imine (C=N–C) groups is 1. The quantitative estimate of drug-likeness (QED) is 0.388. The van der Waals surface area contributed by atoms with E-state index in [9.17, 15) is 0 Å². The number of hydrogen-bond acceptors (Lipinski definition) is 4. The van der Waals surface area contributed by atoms with Crippen molar-refractivity contribution in [3.63, 3.8) is 0 Å². The first kappa shape index (κ1) is 18.5. The summed E-state index contributed by atoms with van der Waals surface area (Å²) in [5, 5.41) is 6.50. The minimum absolute atomic E-state index is 0.284. The zero-order valence-corrected chi connectivity index (χ0v) is 14.5. The highest BCUT2D eigenvalue weighted by Gasteiger charge is 2.14. The van der Waals surface area contributed by atoms with Gasteiger partial charge >= 0.3 is 0 Å². The lowest BCUT2D eigenvalue weighted by atomic mass is 10.2. The van der Waals surface area contributed by atoms with Crippen LogP contribution in [0.15, 0.2) is 35.3 Å². The first-order valence-corrected chi connectivity index (χ1v) is 8.70. The predicted octanol–water partition coefficient (Wildman–Crippen LogP) is 1.82. The molecule has 2 N–H and O–H groups in total. The highest BCUT2D eigenvalue weighted by molar-refractivity contribution is 5.79. The largest absolute Gasteiger partial charge is 0.494 e. The van der Waals surface area contributed by atoms with Gasteiger partial charge in [-0.15, -0.1) is 0 Å². The maximum Gasteiger partial charge on any atom is 0.191 e. The van der Waals surface area contributed by atoms with E-state index < -0.39 is 0 Å². The number of benzene rings is 1. The molecule has 1 saturated heterocycles. The third-order valence-electron chi connectivity index (χ3n) is 3.72. The number of nitrogens with zero attached hydrogens (tertiary/aromatic N) is 1. The summed E-state index contributed by atoms with van der Waals surface area (Å²) in [7, 11) is 1.77. The van der Waals surface area contributed by atoms with Crippen LogP contribution in [0.25, 0.3) is 0 Å². The third-order valence-corrected chi connectivity index (χ3v) is 3.72. The van der Waals surface area contributed by atoms with Crippen LogP contribution in [0.2, 0.25) is 0 Å². The third kappa shape index (κ3) is 7.66. The smallest absolute Gasteiger partial charge is 0.191 e. The molecule has 134 valence electrons. The van der Waals surface area contributed by atoms with Gasteiger partial charge in [0.1, 0.15) is 5.75 Å². The van der Waals surface area contributed by atoms with Crippen molar-refractivity contribution in [2.24, 2.45) is 4.99 Å². The van der Waals surface area contributed by atoms with E-state index >= 15 is 0 Å². The van der Waals surface area contributed by atoms with Crippen molar-refractivity contribution < 1.29 is 14.2 Å². The maximum absolute atomic E-state index is 5.65. The van der Waals surface area contributed by atoms with Crippen molar-refractivity contribution in [1.82, 2.24) is 10.6 Å². The molecule has 6 nitrogen and oxygen atoms in total. The lowest BCUT2D eigenvalue weighted by Crippen LogP contribution is -2.39. The molecule has 2 rings (SSSR count). The predicted molar refractivity (Wildman–Crippen MR) is 95.7 cm³/mol. The molecule has 0 aliphatic carbocycles. The summed E-state index contributed by atoms with van der Waals surface area (Å²) < 4.78 is 16.8. The summed E-state index contributed by atoms with van der Waals surface area (Å²) in [6.45, 7) is 4.42. The standard InChI is InChI=1S/C18H29N3O3/c1-19-18(21-11-14-22-15-17-9-5-12-24-17)20-10-6-13-23-16-7-3-2-4-8-16/h2-4,7-8,17H,5-6,9-15H2,1H3,(H2,19,20,21). The Bertz CT molecular complexity index is 462. The van der Waals surface area contributed by atoms with Crippen LogP contribution in [0.3, 0.4) is 0 Å². The van der Waals surface area contributed by atoms with Gasteiger partial charge in [-0.3, -0.25) is 4.99 Å². The summed E-state index contributed by atoms with van der Waals surface area (Å²) in [5.74, 6) is 1.69. The fourth-order valence-corrected chi connectivity index (χ4v) is 2.44. The number of rotatable bonds is 10. The van der Waals surface area contributed by atoms with Crippen LogP contribution in [0.5, 0.6) is 5.75 Å². The number of ether oxygens (including phenoxy) is 3. The average Bonchev–Trinajstić information content (AvgIpc) is 3.14. The Hall–Kier alpha value is -1.79. The average molecular weight is 335 g/mol. The van der Waals surface area contributed by atoms with E-state index in [2.05, 4.69) is 15.6 Å². The van der Waals surface area contributed by atoms with Crippen LogP contribution < -0.4 is 15.4 Å². The van der Waals surface area contributed by atoms with Gasteiger partial charge in [-0.1, -0.05) is 18.2 Å². The molecule has 0 bridgehead atoms. The monoisotopic (exact) mass is 335 g/mol. The molecule has 0 aromatic heterocycles. The van der Waals surface area contributed by atoms with Crippen molar-refractivity contribution in [1.29, 1.82) is 0 Å². The molecule has 1 aromatic rings. The van der Waals surface area contributed by atoms with E-state index in [4.69, 9.17) is 14.2 Å². The van der Waals surface area contributed by atoms with Gasteiger partial charge in [-0.05, 0) is 31.4 Å². The van der Waals surface area contributed by atoms with Gasteiger partial charge < -0.3 is 24.8 Å². The second kappa shape index (κ2) is 11.7. The first-order chi connectivity index (χ1) is 11.9. The number of guanidine groups is 1. The normalized spacial score (nSPS) is 17.7. The van der Waals surface area contributed by atoms with Gasteiger partial charge in [0.25, 0.3) is 0 Å². The Morgan fingerprint density at radius 2 is 2.04 bits per heavy atom. The molecule has 0 amide bonds. The molecular weight excluding hydrogens is 306 g/mol. The van der Waals surface area contributed by atoms with Crippen molar-refractivity contribution in [3.8, 4) is 5.75 Å². The van der Waals surface area contributed by atoms with Crippen molar-refractivity contribution in [3.05, 3.63) is 30.3 Å². The molecule has 24 heavy (non-hydrogen) atoms. The number of hydrogen-bond donors (Lipinski definition) is 2. The Morgan fingerprint density at radius 1 is 1.21 bits per heavy atom. The van der Waals surface area contributed by atoms with Gasteiger partial charge in [0.15, 0.2) is 5.96 Å². The topological polar surface area (TPSA) is 64.1 Å². The fourth-order valence-electron chi connectivity index (χ4n) is 2.44. The highest BCUT2D eigenvalue weighted by atomic mass is 16.5. The van der Waals surface area contributed by atoms with Gasteiger partial charge in [-0.25, -0.2) is 0 Å². The maximum atomic E-state index is 5.65. The zero-order chi connectivity index (χ0) is 16.9. The van der Waals surface area contributed by atoms with E-state index in [0.717, 1.165) is 50.7 Å². The van der Waals surface area contributed by atoms with E-state index in [0.29, 0.717) is 19.8 Å². The second-order valence-electron chi connectivity index (χ2n) is 5.65. The molecule has 0 radical (unpaired) electrons. The van der Waals surface area contributed by atoms with Crippen molar-refractivity contribution in [2.75, 3.05) is 46.6 Å². The summed E-state index contributed by atoms with van der Waals surface area (Å²) in [6.07, 6.45) is 3.45. The number of para-hydroxylation sites is 1. The summed E-state index contributed by atoms with van der Waals surface area (Å²) in [4.78, 5) is 4.19. The van der Waals surface area contributed by atoms with E-state index in [-0.39, 0.29) is 6.10 Å². The summed E-state index contributed by atoms with van der Waals surface area (Å²) in [5.41, 5.74) is 0. The van der Waals surface area contributed by atoms with Crippen LogP contribution in [0.4, 0.5) is 0 Å². The Kier molecular flexibility index (Phi) is 9.04. The Balaban J connectivity index is 1.45. The van der Waals surface area contributed by atoms with E-state index in [1.165, 1.54) is 0 Å². The van der Waals surface area contributed by atoms with E-state index in [1.807, 2.05) is 30.3 Å². The molecule has 1 atom stereocenters. The Morgan fingerprint density at radius 3 is 2.79 bits per heavy atom. The lowest BCUT2D eigenvalue weighted by molar-refractivity contribution is 0.0191. The Labute approximate surface area is 144 Å². The first-order valence-electron chi connectivity index (χ1n) is 8.70. The minimum atomic E-state index is 0.284. The van der Waals surface area contributed by atoms with Crippen LogP contribution in [0, 0.1) is 0 Å². The van der Waals surface area contributed by atoms with Gasteiger partial charge in [0, 0.05) is 26.7 Å². The molecular formula is C18H29N3O3. The molecule has 1 aliphatic rings. The number of nitrogens with one attached hydrogen (secondary N) is 2. The van der Waals surface area contributed by atoms with Crippen LogP contribution in [0.1, 0.15) is 19.3 Å². The molecule has 6 heteroatoms. The van der Waals surface area contributed by atoms with Crippen molar-refractivity contribution in [2.45, 2.75) is 25.4 Å². The van der Waals surface area contributed by atoms with Gasteiger partial charge in [0.2, 0.25) is 0 Å². The highest BCUT2D eigenvalue weighted by Crippen LogP contribution is 2.11. The molecule has 1 fully saturated rings. The minimum Gasteiger partial charge on any atom is -0.494 e. The van der Waals surface area contributed by atoms with Gasteiger partial charge in [0.05, 0.1) is 25.9 Å². The fraction of sp³-hybridized carbons (Fsp3) is 0.611. The molecule has 0 saturated carbocycles. The van der Waals surface area contributed by atoms with Crippen LogP contribution in [-0.2, 0) is 9.47 Å². The second-order valence-corrected chi connectivity index (χ2v) is 5.65. The molecule has 1 aliphatic heterocycles. The lowest BCUT2D eigenvalue weighted by Gasteiger charge is -2.13. The zero-order valence-electron chi connectivity index (χ0n) is 14.5. The molecule has 1 unspecified atom stereocenters. The molecule has 1 aromatic carbocycles. The summed E-state index contributed by atoms with van der Waals surface area (Å²) >= 11 is 0. The SMILES string of the molecule is CN=C(NCCCOc1ccccc1)NCCOCC1CCCO1. The molecule has 1 heterocycles.